The number of likely N-dealkylation sites (tertiary alicyclic amines) is 1. The molecule has 0 bridgehead atoms. The number of β-amino-alcohol motifs (C(OH)–C–C–N with tert-alkyl or cyclic N) is 1. The van der Waals surface area contributed by atoms with Crippen molar-refractivity contribution >= 4 is 21.8 Å². The van der Waals surface area contributed by atoms with E-state index in [4.69, 9.17) is 4.74 Å². The third-order valence-electron chi connectivity index (χ3n) is 2.99. The predicted molar refractivity (Wildman–Crippen MR) is 71.4 cm³/mol. The number of amides is 1. The summed E-state index contributed by atoms with van der Waals surface area (Å²) in [6, 6.07) is 4.03. The van der Waals surface area contributed by atoms with Crippen LogP contribution in [0, 0.1) is 5.82 Å². The van der Waals surface area contributed by atoms with Gasteiger partial charge in [-0.1, -0.05) is 0 Å². The number of halogens is 2. The molecule has 0 aliphatic carbocycles. The highest BCUT2D eigenvalue weighted by atomic mass is 79.9. The van der Waals surface area contributed by atoms with E-state index in [1.807, 2.05) is 0 Å². The number of rotatable bonds is 3. The van der Waals surface area contributed by atoms with E-state index in [9.17, 15) is 14.3 Å². The van der Waals surface area contributed by atoms with Gasteiger partial charge in [-0.2, -0.15) is 0 Å². The van der Waals surface area contributed by atoms with Crippen LogP contribution >= 0.6 is 15.9 Å². The van der Waals surface area contributed by atoms with Crippen LogP contribution in [0.2, 0.25) is 0 Å². The van der Waals surface area contributed by atoms with Gasteiger partial charge in [0.25, 0.3) is 5.91 Å². The molecule has 1 unspecified atom stereocenters. The summed E-state index contributed by atoms with van der Waals surface area (Å²) in [6.07, 6.45) is 1.08. The Morgan fingerprint density at radius 2 is 2.37 bits per heavy atom. The molecule has 0 aromatic heterocycles. The fourth-order valence-corrected chi connectivity index (χ4v) is 2.47. The number of piperidine rings is 1. The summed E-state index contributed by atoms with van der Waals surface area (Å²) in [5, 5.41) is 9.50. The second kappa shape index (κ2) is 6.34. The van der Waals surface area contributed by atoms with Gasteiger partial charge in [-0.15, -0.1) is 0 Å². The van der Waals surface area contributed by atoms with Gasteiger partial charge in [0.2, 0.25) is 0 Å². The first-order valence-corrected chi connectivity index (χ1v) is 6.89. The highest BCUT2D eigenvalue weighted by Gasteiger charge is 2.22. The van der Waals surface area contributed by atoms with Crippen molar-refractivity contribution in [3.63, 3.8) is 0 Å². The molecular weight excluding hydrogens is 317 g/mol. The molecule has 1 amide bonds. The number of benzene rings is 1. The topological polar surface area (TPSA) is 49.8 Å². The molecule has 0 saturated carbocycles. The summed E-state index contributed by atoms with van der Waals surface area (Å²) in [5.74, 6) is -0.119. The van der Waals surface area contributed by atoms with Crippen molar-refractivity contribution in [3.8, 4) is 5.75 Å². The minimum absolute atomic E-state index is 0.114. The SMILES string of the molecule is O=C(COc1ccc(F)cc1Br)N1CCCC(O)C1. The van der Waals surface area contributed by atoms with Crippen LogP contribution in [-0.2, 0) is 4.79 Å². The van der Waals surface area contributed by atoms with Crippen LogP contribution < -0.4 is 4.74 Å². The van der Waals surface area contributed by atoms with Crippen LogP contribution in [0.25, 0.3) is 0 Å². The highest BCUT2D eigenvalue weighted by Crippen LogP contribution is 2.25. The van der Waals surface area contributed by atoms with Crippen molar-refractivity contribution in [2.45, 2.75) is 18.9 Å². The van der Waals surface area contributed by atoms with Gasteiger partial charge in [-0.05, 0) is 47.0 Å². The Labute approximate surface area is 119 Å². The zero-order valence-corrected chi connectivity index (χ0v) is 11.9. The lowest BCUT2D eigenvalue weighted by atomic mass is 10.1. The maximum atomic E-state index is 12.9. The Morgan fingerprint density at radius 3 is 3.05 bits per heavy atom. The van der Waals surface area contributed by atoms with Crippen LogP contribution in [-0.4, -0.2) is 41.7 Å². The smallest absolute Gasteiger partial charge is 0.260 e. The van der Waals surface area contributed by atoms with Crippen molar-refractivity contribution in [1.29, 1.82) is 0 Å². The Kier molecular flexibility index (Phi) is 4.76. The maximum absolute atomic E-state index is 12.9. The lowest BCUT2D eigenvalue weighted by Gasteiger charge is -2.30. The molecule has 19 heavy (non-hydrogen) atoms. The first-order chi connectivity index (χ1) is 9.06. The molecule has 1 atom stereocenters. The fraction of sp³-hybridized carbons (Fsp3) is 0.462. The Bertz CT molecular complexity index is 469. The van der Waals surface area contributed by atoms with Crippen molar-refractivity contribution in [2.75, 3.05) is 19.7 Å². The number of aliphatic hydroxyl groups is 1. The number of hydrogen-bond acceptors (Lipinski definition) is 3. The normalized spacial score (nSPS) is 19.3. The van der Waals surface area contributed by atoms with Gasteiger partial charge in [0.1, 0.15) is 11.6 Å². The van der Waals surface area contributed by atoms with Gasteiger partial charge in [0.15, 0.2) is 6.61 Å². The largest absolute Gasteiger partial charge is 0.483 e. The standard InChI is InChI=1S/C13H15BrFNO3/c14-11-6-9(15)3-4-12(11)19-8-13(18)16-5-1-2-10(17)7-16/h3-4,6,10,17H,1-2,5,7-8H2. The predicted octanol–water partition coefficient (Wildman–Crippen LogP) is 1.95. The molecule has 1 fully saturated rings. The third-order valence-corrected chi connectivity index (χ3v) is 3.61. The molecule has 1 aromatic rings. The minimum Gasteiger partial charge on any atom is -0.483 e. The monoisotopic (exact) mass is 331 g/mol. The lowest BCUT2D eigenvalue weighted by Crippen LogP contribution is -2.44. The summed E-state index contributed by atoms with van der Waals surface area (Å²) in [5.41, 5.74) is 0. The Balaban J connectivity index is 1.89. The summed E-state index contributed by atoms with van der Waals surface area (Å²) in [6.45, 7) is 0.883. The number of aliphatic hydroxyl groups excluding tert-OH is 1. The first kappa shape index (κ1) is 14.3. The number of hydrogen-bond donors (Lipinski definition) is 1. The van der Waals surface area contributed by atoms with Gasteiger partial charge in [0, 0.05) is 13.1 Å². The second-order valence-electron chi connectivity index (χ2n) is 4.50. The molecule has 0 spiro atoms. The molecule has 2 rings (SSSR count). The fourth-order valence-electron chi connectivity index (χ4n) is 2.00. The van der Waals surface area contributed by atoms with Crippen molar-refractivity contribution in [2.24, 2.45) is 0 Å². The molecular formula is C13H15BrFNO3. The van der Waals surface area contributed by atoms with Gasteiger partial charge in [-0.25, -0.2) is 4.39 Å². The molecule has 104 valence electrons. The highest BCUT2D eigenvalue weighted by molar-refractivity contribution is 9.10. The van der Waals surface area contributed by atoms with Crippen LogP contribution in [0.4, 0.5) is 4.39 Å². The van der Waals surface area contributed by atoms with Gasteiger partial charge in [-0.3, -0.25) is 4.79 Å². The summed E-state index contributed by atoms with van der Waals surface area (Å²) in [4.78, 5) is 13.5. The Hall–Kier alpha value is -1.14. The van der Waals surface area contributed by atoms with E-state index < -0.39 is 6.10 Å². The van der Waals surface area contributed by atoms with Crippen LogP contribution in [0.15, 0.2) is 22.7 Å². The average Bonchev–Trinajstić information content (AvgIpc) is 2.37. The van der Waals surface area contributed by atoms with E-state index in [0.29, 0.717) is 23.3 Å². The van der Waals surface area contributed by atoms with Gasteiger partial charge in [0.05, 0.1) is 10.6 Å². The number of nitrogens with zero attached hydrogens (tertiary/aromatic N) is 1. The van der Waals surface area contributed by atoms with Crippen molar-refractivity contribution < 1.29 is 19.0 Å². The van der Waals surface area contributed by atoms with E-state index >= 15 is 0 Å². The van der Waals surface area contributed by atoms with Crippen molar-refractivity contribution in [3.05, 3.63) is 28.5 Å². The maximum Gasteiger partial charge on any atom is 0.260 e. The lowest BCUT2D eigenvalue weighted by molar-refractivity contribution is -0.136. The summed E-state index contributed by atoms with van der Waals surface area (Å²) in [7, 11) is 0. The number of ether oxygens (including phenoxy) is 1. The minimum atomic E-state index is -0.449. The second-order valence-corrected chi connectivity index (χ2v) is 5.35. The van der Waals surface area contributed by atoms with E-state index in [0.717, 1.165) is 12.8 Å². The number of carbonyl (C=O) groups is 1. The van der Waals surface area contributed by atoms with Crippen LogP contribution in [0.1, 0.15) is 12.8 Å². The van der Waals surface area contributed by atoms with E-state index in [1.165, 1.54) is 18.2 Å². The quantitative estimate of drug-likeness (QED) is 0.921. The molecule has 1 saturated heterocycles. The molecule has 1 aliphatic rings. The molecule has 1 aromatic carbocycles. The average molecular weight is 332 g/mol. The summed E-state index contributed by atoms with van der Waals surface area (Å²) < 4.78 is 18.7. The van der Waals surface area contributed by atoms with E-state index in [1.54, 1.807) is 4.90 Å². The van der Waals surface area contributed by atoms with Gasteiger partial charge >= 0.3 is 0 Å². The van der Waals surface area contributed by atoms with Crippen LogP contribution in [0.3, 0.4) is 0 Å². The molecule has 0 radical (unpaired) electrons. The van der Waals surface area contributed by atoms with Crippen molar-refractivity contribution in [1.82, 2.24) is 4.90 Å². The molecule has 1 aliphatic heterocycles. The molecule has 4 nitrogen and oxygen atoms in total. The zero-order chi connectivity index (χ0) is 13.8. The molecule has 6 heteroatoms. The molecule has 1 heterocycles. The third kappa shape index (κ3) is 3.91. The van der Waals surface area contributed by atoms with Crippen LogP contribution in [0.5, 0.6) is 5.75 Å². The summed E-state index contributed by atoms with van der Waals surface area (Å²) >= 11 is 3.17. The number of carbonyl (C=O) groups excluding carboxylic acids is 1. The van der Waals surface area contributed by atoms with E-state index in [2.05, 4.69) is 15.9 Å². The molecule has 1 N–H and O–H groups in total. The zero-order valence-electron chi connectivity index (χ0n) is 10.3. The first-order valence-electron chi connectivity index (χ1n) is 6.10. The van der Waals surface area contributed by atoms with E-state index in [-0.39, 0.29) is 18.3 Å². The van der Waals surface area contributed by atoms with Gasteiger partial charge < -0.3 is 14.7 Å². The Morgan fingerprint density at radius 1 is 1.58 bits per heavy atom.